The van der Waals surface area contributed by atoms with Crippen molar-refractivity contribution in [3.63, 3.8) is 0 Å². The Labute approximate surface area is 172 Å². The maximum atomic E-state index is 12.7. The molecule has 0 heterocycles. The van der Waals surface area contributed by atoms with Crippen LogP contribution in [0.5, 0.6) is 0 Å². The Morgan fingerprint density at radius 1 is 1.07 bits per heavy atom. The van der Waals surface area contributed by atoms with Gasteiger partial charge in [-0.25, -0.2) is 20.0 Å². The summed E-state index contributed by atoms with van der Waals surface area (Å²) in [5, 5.41) is 6.97. The Bertz CT molecular complexity index is 706. The fraction of sp³-hybridized carbons (Fsp3) is 0.571. The van der Waals surface area contributed by atoms with Gasteiger partial charge in [0.1, 0.15) is 5.60 Å². The molecule has 1 aromatic carbocycles. The standard InChI is InChI=1S/C21H32N4O4/c1-15(26)22-13-16-9-11-17(12-10-16)14-25(24-20(28)29-21(2,3)4)19(27)23-18-7-5-6-8-18/h9-12,18H,5-8,13-14H2,1-4H3,(H,22,26)(H,23,27)(H,24,28). The highest BCUT2D eigenvalue weighted by Crippen LogP contribution is 2.18. The van der Waals surface area contributed by atoms with Gasteiger partial charge in [0.05, 0.1) is 6.54 Å². The number of carbonyl (C=O) groups excluding carboxylic acids is 3. The molecule has 1 saturated carbocycles. The minimum atomic E-state index is -0.679. The van der Waals surface area contributed by atoms with Gasteiger partial charge in [0.2, 0.25) is 5.91 Å². The number of urea groups is 1. The van der Waals surface area contributed by atoms with E-state index in [0.717, 1.165) is 36.8 Å². The van der Waals surface area contributed by atoms with Crippen LogP contribution in [0.2, 0.25) is 0 Å². The molecule has 1 fully saturated rings. The van der Waals surface area contributed by atoms with Crippen LogP contribution in [0.4, 0.5) is 9.59 Å². The number of hydrogen-bond donors (Lipinski definition) is 3. The molecule has 0 spiro atoms. The van der Waals surface area contributed by atoms with Gasteiger partial charge >= 0.3 is 12.1 Å². The number of amides is 4. The molecule has 0 aromatic heterocycles. The molecule has 29 heavy (non-hydrogen) atoms. The Balaban J connectivity index is 2.03. The first-order valence-electron chi connectivity index (χ1n) is 10.0. The molecule has 1 aromatic rings. The van der Waals surface area contributed by atoms with Gasteiger partial charge in [-0.2, -0.15) is 0 Å². The predicted octanol–water partition coefficient (Wildman–Crippen LogP) is 3.22. The second-order valence-electron chi connectivity index (χ2n) is 8.36. The van der Waals surface area contributed by atoms with Crippen molar-refractivity contribution in [3.05, 3.63) is 35.4 Å². The Kier molecular flexibility index (Phi) is 7.87. The van der Waals surface area contributed by atoms with Crippen molar-refractivity contribution in [3.8, 4) is 0 Å². The highest BCUT2D eigenvalue weighted by molar-refractivity contribution is 5.78. The fourth-order valence-electron chi connectivity index (χ4n) is 3.07. The lowest BCUT2D eigenvalue weighted by molar-refractivity contribution is -0.119. The average molecular weight is 405 g/mol. The van der Waals surface area contributed by atoms with Crippen LogP contribution in [-0.4, -0.2) is 34.7 Å². The van der Waals surface area contributed by atoms with Gasteiger partial charge in [0.15, 0.2) is 0 Å². The van der Waals surface area contributed by atoms with Crippen molar-refractivity contribution in [1.82, 2.24) is 21.1 Å². The fourth-order valence-corrected chi connectivity index (χ4v) is 3.07. The van der Waals surface area contributed by atoms with E-state index >= 15 is 0 Å². The third-order valence-corrected chi connectivity index (χ3v) is 4.46. The van der Waals surface area contributed by atoms with E-state index in [9.17, 15) is 14.4 Å². The molecule has 0 bridgehead atoms. The summed E-state index contributed by atoms with van der Waals surface area (Å²) >= 11 is 0. The first-order chi connectivity index (χ1) is 13.6. The first-order valence-corrected chi connectivity index (χ1v) is 10.0. The zero-order valence-corrected chi connectivity index (χ0v) is 17.7. The molecule has 0 saturated heterocycles. The summed E-state index contributed by atoms with van der Waals surface area (Å²) in [6.07, 6.45) is 3.41. The number of benzene rings is 1. The summed E-state index contributed by atoms with van der Waals surface area (Å²) in [6.45, 7) is 7.41. The Morgan fingerprint density at radius 3 is 2.21 bits per heavy atom. The summed E-state index contributed by atoms with van der Waals surface area (Å²) in [5.74, 6) is -0.0922. The van der Waals surface area contributed by atoms with Crippen molar-refractivity contribution in [1.29, 1.82) is 0 Å². The van der Waals surface area contributed by atoms with E-state index in [4.69, 9.17) is 4.74 Å². The highest BCUT2D eigenvalue weighted by Gasteiger charge is 2.24. The Morgan fingerprint density at radius 2 is 1.66 bits per heavy atom. The number of ether oxygens (including phenoxy) is 1. The number of hydrazine groups is 1. The lowest BCUT2D eigenvalue weighted by atomic mass is 10.1. The maximum absolute atomic E-state index is 12.7. The quantitative estimate of drug-likeness (QED) is 0.656. The van der Waals surface area contributed by atoms with E-state index in [1.807, 2.05) is 24.3 Å². The van der Waals surface area contributed by atoms with Crippen molar-refractivity contribution in [2.75, 3.05) is 0 Å². The topological polar surface area (TPSA) is 99.8 Å². The molecular weight excluding hydrogens is 372 g/mol. The summed E-state index contributed by atoms with van der Waals surface area (Å²) < 4.78 is 5.29. The zero-order valence-electron chi connectivity index (χ0n) is 17.7. The second kappa shape index (κ2) is 10.1. The van der Waals surface area contributed by atoms with Crippen LogP contribution in [0.25, 0.3) is 0 Å². The lowest BCUT2D eigenvalue weighted by Crippen LogP contribution is -2.53. The molecule has 4 amide bonds. The van der Waals surface area contributed by atoms with Gasteiger partial charge in [-0.05, 0) is 44.7 Å². The van der Waals surface area contributed by atoms with Crippen LogP contribution in [0.15, 0.2) is 24.3 Å². The third kappa shape index (κ3) is 8.41. The van der Waals surface area contributed by atoms with Gasteiger partial charge in [-0.1, -0.05) is 37.1 Å². The molecule has 0 radical (unpaired) electrons. The van der Waals surface area contributed by atoms with Crippen LogP contribution >= 0.6 is 0 Å². The van der Waals surface area contributed by atoms with Crippen LogP contribution in [-0.2, 0) is 22.6 Å². The molecule has 8 nitrogen and oxygen atoms in total. The van der Waals surface area contributed by atoms with Crippen molar-refractivity contribution in [2.45, 2.75) is 78.1 Å². The smallest absolute Gasteiger partial charge is 0.426 e. The summed E-state index contributed by atoms with van der Waals surface area (Å²) in [4.78, 5) is 36.0. The van der Waals surface area contributed by atoms with E-state index in [1.54, 1.807) is 20.8 Å². The van der Waals surface area contributed by atoms with Gasteiger partial charge in [-0.3, -0.25) is 4.79 Å². The van der Waals surface area contributed by atoms with E-state index in [-0.39, 0.29) is 24.5 Å². The molecular formula is C21H32N4O4. The Hall–Kier alpha value is -2.77. The minimum Gasteiger partial charge on any atom is -0.443 e. The maximum Gasteiger partial charge on any atom is 0.426 e. The SMILES string of the molecule is CC(=O)NCc1ccc(CN(NC(=O)OC(C)(C)C)C(=O)NC2CCCC2)cc1. The molecule has 3 N–H and O–H groups in total. The largest absolute Gasteiger partial charge is 0.443 e. The van der Waals surface area contributed by atoms with Gasteiger partial charge in [0.25, 0.3) is 0 Å². The number of hydrogen-bond acceptors (Lipinski definition) is 4. The normalized spacial score (nSPS) is 14.2. The molecule has 8 heteroatoms. The molecule has 1 aliphatic carbocycles. The lowest BCUT2D eigenvalue weighted by Gasteiger charge is -2.27. The van der Waals surface area contributed by atoms with Crippen molar-refractivity contribution < 1.29 is 19.1 Å². The number of nitrogens with zero attached hydrogens (tertiary/aromatic N) is 1. The summed E-state index contributed by atoms with van der Waals surface area (Å²) in [5.41, 5.74) is 3.68. The molecule has 0 aliphatic heterocycles. The van der Waals surface area contributed by atoms with Crippen molar-refractivity contribution in [2.24, 2.45) is 0 Å². The van der Waals surface area contributed by atoms with E-state index in [2.05, 4.69) is 16.1 Å². The average Bonchev–Trinajstić information content (AvgIpc) is 3.11. The molecule has 0 atom stereocenters. The van der Waals surface area contributed by atoms with Crippen LogP contribution < -0.4 is 16.1 Å². The van der Waals surface area contributed by atoms with E-state index < -0.39 is 11.7 Å². The van der Waals surface area contributed by atoms with Gasteiger partial charge in [0, 0.05) is 19.5 Å². The molecule has 1 aliphatic rings. The predicted molar refractivity (Wildman–Crippen MR) is 110 cm³/mol. The number of carbonyl (C=O) groups is 3. The number of nitrogens with one attached hydrogen (secondary N) is 3. The molecule has 160 valence electrons. The van der Waals surface area contributed by atoms with Crippen LogP contribution in [0.3, 0.4) is 0 Å². The van der Waals surface area contributed by atoms with Gasteiger partial charge in [-0.15, -0.1) is 0 Å². The summed E-state index contributed by atoms with van der Waals surface area (Å²) in [6, 6.07) is 7.26. The highest BCUT2D eigenvalue weighted by atomic mass is 16.6. The molecule has 2 rings (SSSR count). The van der Waals surface area contributed by atoms with Crippen molar-refractivity contribution >= 4 is 18.0 Å². The van der Waals surface area contributed by atoms with Gasteiger partial charge < -0.3 is 15.4 Å². The third-order valence-electron chi connectivity index (χ3n) is 4.46. The molecule has 0 unspecified atom stereocenters. The zero-order chi connectivity index (χ0) is 21.4. The van der Waals surface area contributed by atoms with Crippen LogP contribution in [0, 0.1) is 0 Å². The summed E-state index contributed by atoms with van der Waals surface area (Å²) in [7, 11) is 0. The minimum absolute atomic E-state index is 0.0922. The monoisotopic (exact) mass is 404 g/mol. The van der Waals surface area contributed by atoms with E-state index in [0.29, 0.717) is 6.54 Å². The first kappa shape index (κ1) is 22.5. The second-order valence-corrected chi connectivity index (χ2v) is 8.36. The number of rotatable bonds is 5. The van der Waals surface area contributed by atoms with E-state index in [1.165, 1.54) is 11.9 Å². The van der Waals surface area contributed by atoms with Crippen LogP contribution in [0.1, 0.15) is 64.5 Å².